The highest BCUT2D eigenvalue weighted by molar-refractivity contribution is 7.98. The lowest BCUT2D eigenvalue weighted by Crippen LogP contribution is -2.40. The van der Waals surface area contributed by atoms with E-state index in [4.69, 9.17) is 4.42 Å². The average Bonchev–Trinajstić information content (AvgIpc) is 3.82. The van der Waals surface area contributed by atoms with Gasteiger partial charge in [0.2, 0.25) is 5.82 Å². The molecule has 1 amide bonds. The molecule has 0 unspecified atom stereocenters. The van der Waals surface area contributed by atoms with Crippen molar-refractivity contribution in [1.29, 1.82) is 0 Å². The van der Waals surface area contributed by atoms with Crippen molar-refractivity contribution in [1.82, 2.24) is 34.2 Å². The molecule has 2 aromatic carbocycles. The average molecular weight is 584 g/mol. The molecule has 0 spiro atoms. The van der Waals surface area contributed by atoms with Crippen molar-refractivity contribution in [2.75, 3.05) is 13.1 Å². The zero-order chi connectivity index (χ0) is 27.8. The minimum absolute atomic E-state index is 0.0538. The Kier molecular flexibility index (Phi) is 6.77. The van der Waals surface area contributed by atoms with Gasteiger partial charge in [-0.3, -0.25) is 13.9 Å². The highest BCUT2D eigenvalue weighted by Gasteiger charge is 2.28. The van der Waals surface area contributed by atoms with Crippen molar-refractivity contribution in [2.45, 2.75) is 29.8 Å². The van der Waals surface area contributed by atoms with Gasteiger partial charge < -0.3 is 14.3 Å². The number of nitrogens with zero attached hydrogens (tertiary/aromatic N) is 6. The number of aromatic nitrogens is 6. The van der Waals surface area contributed by atoms with Crippen molar-refractivity contribution < 1.29 is 9.21 Å². The predicted molar refractivity (Wildman–Crippen MR) is 157 cm³/mol. The van der Waals surface area contributed by atoms with Gasteiger partial charge in [0, 0.05) is 30.2 Å². The first kappa shape index (κ1) is 25.5. The van der Waals surface area contributed by atoms with E-state index in [1.165, 1.54) is 23.1 Å². The Morgan fingerprint density at radius 1 is 1.02 bits per heavy atom. The van der Waals surface area contributed by atoms with E-state index in [1.807, 2.05) is 86.1 Å². The standard InChI is InChI=1S/C29H25N7O3S2/c37-27(34-14-12-20(13-15-34)35-23-10-5-4-9-21(23)31-28(35)38)22-17-40-25(30-22)18-41-29-33-32-26(24-11-6-16-39-24)36(29)19-7-2-1-3-8-19/h1-11,16-17,20H,12-15,18H2,(H,31,38). The third-order valence-corrected chi connectivity index (χ3v) is 9.20. The molecule has 4 aromatic heterocycles. The zero-order valence-electron chi connectivity index (χ0n) is 21.8. The molecule has 0 atom stereocenters. The van der Waals surface area contributed by atoms with Gasteiger partial charge in [0.25, 0.3) is 5.91 Å². The molecule has 0 saturated carbocycles. The number of nitrogens with one attached hydrogen (secondary N) is 1. The fourth-order valence-electron chi connectivity index (χ4n) is 5.27. The Morgan fingerprint density at radius 2 is 1.83 bits per heavy atom. The number of hydrogen-bond donors (Lipinski definition) is 1. The third kappa shape index (κ3) is 4.89. The summed E-state index contributed by atoms with van der Waals surface area (Å²) < 4.78 is 9.39. The maximum Gasteiger partial charge on any atom is 0.326 e. The molecule has 41 heavy (non-hydrogen) atoms. The summed E-state index contributed by atoms with van der Waals surface area (Å²) in [5, 5.41) is 12.2. The van der Waals surface area contributed by atoms with Crippen molar-refractivity contribution in [3.05, 3.63) is 99.6 Å². The first-order chi connectivity index (χ1) is 20.2. The lowest BCUT2D eigenvalue weighted by atomic mass is 10.0. The van der Waals surface area contributed by atoms with Crippen LogP contribution in [-0.2, 0) is 5.75 Å². The number of carbonyl (C=O) groups is 1. The van der Waals surface area contributed by atoms with Crippen LogP contribution in [0.2, 0.25) is 0 Å². The van der Waals surface area contributed by atoms with Gasteiger partial charge in [0.05, 0.1) is 23.0 Å². The number of thioether (sulfide) groups is 1. The lowest BCUT2D eigenvalue weighted by Gasteiger charge is -2.32. The van der Waals surface area contributed by atoms with Crippen LogP contribution in [0.3, 0.4) is 0 Å². The van der Waals surface area contributed by atoms with E-state index in [1.54, 1.807) is 6.26 Å². The van der Waals surface area contributed by atoms with Crippen LogP contribution in [0.4, 0.5) is 0 Å². The molecule has 5 heterocycles. The van der Waals surface area contributed by atoms with Crippen molar-refractivity contribution in [3.8, 4) is 17.3 Å². The molecule has 0 bridgehead atoms. The summed E-state index contributed by atoms with van der Waals surface area (Å²) in [5.74, 6) is 1.73. The molecule has 6 aromatic rings. The zero-order valence-corrected chi connectivity index (χ0v) is 23.5. The van der Waals surface area contributed by atoms with Gasteiger partial charge >= 0.3 is 5.69 Å². The number of H-pyrrole nitrogens is 1. The maximum atomic E-state index is 13.3. The number of carbonyl (C=O) groups excluding carboxylic acids is 1. The summed E-state index contributed by atoms with van der Waals surface area (Å²) >= 11 is 2.97. The topological polar surface area (TPSA) is 115 Å². The number of hydrogen-bond acceptors (Lipinski definition) is 8. The van der Waals surface area contributed by atoms with Gasteiger partial charge in [-0.1, -0.05) is 42.1 Å². The number of aromatic amines is 1. The molecule has 12 heteroatoms. The number of benzene rings is 2. The smallest absolute Gasteiger partial charge is 0.326 e. The predicted octanol–water partition coefficient (Wildman–Crippen LogP) is 5.40. The third-order valence-electron chi connectivity index (χ3n) is 7.23. The highest BCUT2D eigenvalue weighted by atomic mass is 32.2. The van der Waals surface area contributed by atoms with E-state index in [9.17, 15) is 9.59 Å². The van der Waals surface area contributed by atoms with Gasteiger partial charge in [-0.25, -0.2) is 9.78 Å². The number of para-hydroxylation sites is 3. The Labute approximate surface area is 242 Å². The van der Waals surface area contributed by atoms with Crippen LogP contribution in [0.5, 0.6) is 0 Å². The number of piperidine rings is 1. The highest BCUT2D eigenvalue weighted by Crippen LogP contribution is 2.31. The monoisotopic (exact) mass is 583 g/mol. The second kappa shape index (κ2) is 10.9. The molecule has 1 aliphatic rings. The molecule has 206 valence electrons. The van der Waals surface area contributed by atoms with Crippen LogP contribution in [0, 0.1) is 0 Å². The first-order valence-corrected chi connectivity index (χ1v) is 15.1. The Morgan fingerprint density at radius 3 is 2.63 bits per heavy atom. The molecule has 0 radical (unpaired) electrons. The van der Waals surface area contributed by atoms with Gasteiger partial charge in [0.15, 0.2) is 10.9 Å². The van der Waals surface area contributed by atoms with Gasteiger partial charge in [-0.15, -0.1) is 21.5 Å². The summed E-state index contributed by atoms with van der Waals surface area (Å²) in [4.78, 5) is 35.3. The largest absolute Gasteiger partial charge is 0.461 e. The molecule has 1 aliphatic heterocycles. The molecular weight excluding hydrogens is 558 g/mol. The van der Waals surface area contributed by atoms with E-state index < -0.39 is 0 Å². The van der Waals surface area contributed by atoms with E-state index in [-0.39, 0.29) is 17.6 Å². The molecule has 1 N–H and O–H groups in total. The molecular formula is C29H25N7O3S2. The summed E-state index contributed by atoms with van der Waals surface area (Å²) in [7, 11) is 0. The normalized spacial score (nSPS) is 14.2. The second-order valence-electron chi connectivity index (χ2n) is 9.71. The van der Waals surface area contributed by atoms with Gasteiger partial charge in [0.1, 0.15) is 10.7 Å². The summed E-state index contributed by atoms with van der Waals surface area (Å²) in [6.45, 7) is 1.15. The van der Waals surface area contributed by atoms with E-state index in [0.29, 0.717) is 54.1 Å². The fourth-order valence-corrected chi connectivity index (χ4v) is 7.00. The Balaban J connectivity index is 1.03. The van der Waals surface area contributed by atoms with Gasteiger partial charge in [-0.2, -0.15) is 0 Å². The number of thiazole rings is 1. The summed E-state index contributed by atoms with van der Waals surface area (Å²) in [5.41, 5.74) is 3.03. The van der Waals surface area contributed by atoms with Crippen LogP contribution < -0.4 is 5.69 Å². The maximum absolute atomic E-state index is 13.3. The van der Waals surface area contributed by atoms with E-state index in [2.05, 4.69) is 20.2 Å². The minimum Gasteiger partial charge on any atom is -0.461 e. The number of furan rings is 1. The molecule has 7 rings (SSSR count). The van der Waals surface area contributed by atoms with Crippen molar-refractivity contribution >= 4 is 40.0 Å². The van der Waals surface area contributed by atoms with Crippen molar-refractivity contribution in [2.24, 2.45) is 0 Å². The summed E-state index contributed by atoms with van der Waals surface area (Å²) in [6.07, 6.45) is 3.05. The molecule has 1 fully saturated rings. The van der Waals surface area contributed by atoms with E-state index >= 15 is 0 Å². The SMILES string of the molecule is O=C(c1csc(CSc2nnc(-c3ccco3)n2-c2ccccc2)n1)N1CCC(n2c(=O)[nH]c3ccccc32)CC1. The minimum atomic E-state index is -0.100. The van der Waals surface area contributed by atoms with Crippen LogP contribution in [0.15, 0.2) is 92.7 Å². The Hall–Kier alpha value is -4.42. The second-order valence-corrected chi connectivity index (χ2v) is 11.6. The lowest BCUT2D eigenvalue weighted by molar-refractivity contribution is 0.0689. The number of fused-ring (bicyclic) bond motifs is 1. The number of rotatable bonds is 7. The van der Waals surface area contributed by atoms with Crippen LogP contribution in [0.25, 0.3) is 28.3 Å². The fraction of sp³-hybridized carbons (Fsp3) is 0.207. The summed E-state index contributed by atoms with van der Waals surface area (Å²) in [6, 6.07) is 21.4. The van der Waals surface area contributed by atoms with Gasteiger partial charge in [-0.05, 0) is 49.2 Å². The van der Waals surface area contributed by atoms with Crippen LogP contribution >= 0.6 is 23.1 Å². The Bertz CT molecular complexity index is 1860. The molecule has 10 nitrogen and oxygen atoms in total. The molecule has 1 saturated heterocycles. The number of likely N-dealkylation sites (tertiary alicyclic amines) is 1. The molecule has 0 aliphatic carbocycles. The van der Waals surface area contributed by atoms with Crippen LogP contribution in [-0.4, -0.2) is 53.2 Å². The first-order valence-electron chi connectivity index (χ1n) is 13.3. The van der Waals surface area contributed by atoms with Crippen LogP contribution in [0.1, 0.15) is 34.4 Å². The van der Waals surface area contributed by atoms with Crippen molar-refractivity contribution in [3.63, 3.8) is 0 Å². The quantitative estimate of drug-likeness (QED) is 0.250. The number of imidazole rings is 1. The van der Waals surface area contributed by atoms with E-state index in [0.717, 1.165) is 21.7 Å². The number of amides is 1.